The van der Waals surface area contributed by atoms with Crippen molar-refractivity contribution in [3.8, 4) is 0 Å². The molecule has 0 radical (unpaired) electrons. The molecule has 0 amide bonds. The van der Waals surface area contributed by atoms with E-state index in [1.54, 1.807) is 16.4 Å². The molecule has 0 saturated carbocycles. The Morgan fingerprint density at radius 3 is 2.00 bits per heavy atom. The lowest BCUT2D eigenvalue weighted by Gasteiger charge is -2.41. The van der Waals surface area contributed by atoms with Crippen molar-refractivity contribution in [3.63, 3.8) is 0 Å². The normalized spacial score (nSPS) is 12.9. The molecule has 0 aliphatic carbocycles. The summed E-state index contributed by atoms with van der Waals surface area (Å²) in [5, 5.41) is 0. The van der Waals surface area contributed by atoms with Gasteiger partial charge < -0.3 is 5.73 Å². The van der Waals surface area contributed by atoms with Gasteiger partial charge in [-0.2, -0.15) is 4.31 Å². The number of hydrogen-bond acceptors (Lipinski definition) is 3. The van der Waals surface area contributed by atoms with Crippen LogP contribution in [0.3, 0.4) is 0 Å². The first-order valence-electron chi connectivity index (χ1n) is 7.67. The fourth-order valence-electron chi connectivity index (χ4n) is 2.65. The van der Waals surface area contributed by atoms with Crippen LogP contribution in [0.25, 0.3) is 0 Å². The highest BCUT2D eigenvalue weighted by atomic mass is 32.2. The van der Waals surface area contributed by atoms with Gasteiger partial charge in [0.15, 0.2) is 0 Å². The van der Waals surface area contributed by atoms with Gasteiger partial charge in [-0.05, 0) is 38.3 Å². The Labute approximate surface area is 129 Å². The molecule has 120 valence electrons. The van der Waals surface area contributed by atoms with Gasteiger partial charge in [0.05, 0.1) is 4.90 Å². The monoisotopic (exact) mass is 312 g/mol. The van der Waals surface area contributed by atoms with E-state index in [-0.39, 0.29) is 0 Å². The fourth-order valence-corrected chi connectivity index (χ4v) is 4.65. The van der Waals surface area contributed by atoms with Crippen LogP contribution in [-0.4, -0.2) is 31.4 Å². The van der Waals surface area contributed by atoms with Crippen LogP contribution in [0.15, 0.2) is 29.2 Å². The molecule has 2 N–H and O–H groups in total. The summed E-state index contributed by atoms with van der Waals surface area (Å²) >= 11 is 0. The molecular weight excluding hydrogens is 284 g/mol. The van der Waals surface area contributed by atoms with Crippen LogP contribution in [0, 0.1) is 6.92 Å². The van der Waals surface area contributed by atoms with Crippen LogP contribution in [0.4, 0.5) is 0 Å². The molecule has 1 aromatic carbocycles. The Morgan fingerprint density at radius 1 is 1.10 bits per heavy atom. The summed E-state index contributed by atoms with van der Waals surface area (Å²) in [4.78, 5) is 0.348. The first kappa shape index (κ1) is 18.1. The van der Waals surface area contributed by atoms with Gasteiger partial charge in [-0.15, -0.1) is 0 Å². The van der Waals surface area contributed by atoms with E-state index in [2.05, 4.69) is 0 Å². The van der Waals surface area contributed by atoms with E-state index in [0.717, 1.165) is 12.0 Å². The van der Waals surface area contributed by atoms with Gasteiger partial charge in [0, 0.05) is 18.6 Å². The highest BCUT2D eigenvalue weighted by Crippen LogP contribution is 2.30. The number of benzene rings is 1. The molecule has 4 nitrogen and oxygen atoms in total. The minimum absolute atomic E-state index is 0.338. The molecule has 0 fully saturated rings. The topological polar surface area (TPSA) is 63.4 Å². The van der Waals surface area contributed by atoms with Crippen molar-refractivity contribution in [2.45, 2.75) is 57.4 Å². The maximum atomic E-state index is 13.0. The van der Waals surface area contributed by atoms with Crippen LogP contribution in [0.1, 0.15) is 45.6 Å². The summed E-state index contributed by atoms with van der Waals surface area (Å²) in [6.45, 7) is 8.78. The zero-order valence-corrected chi connectivity index (χ0v) is 14.4. The van der Waals surface area contributed by atoms with Crippen molar-refractivity contribution in [1.82, 2.24) is 4.31 Å². The third kappa shape index (κ3) is 3.65. The van der Waals surface area contributed by atoms with Gasteiger partial charge >= 0.3 is 0 Å². The summed E-state index contributed by atoms with van der Waals surface area (Å²) in [7, 11) is -3.52. The third-order valence-electron chi connectivity index (χ3n) is 4.26. The van der Waals surface area contributed by atoms with Crippen LogP contribution < -0.4 is 5.73 Å². The van der Waals surface area contributed by atoms with Gasteiger partial charge in [-0.1, -0.05) is 38.5 Å². The number of aryl methyl sites for hydroxylation is 1. The van der Waals surface area contributed by atoms with Crippen molar-refractivity contribution < 1.29 is 8.42 Å². The van der Waals surface area contributed by atoms with Crippen LogP contribution in [-0.2, 0) is 10.0 Å². The van der Waals surface area contributed by atoms with Gasteiger partial charge in [-0.25, -0.2) is 8.42 Å². The van der Waals surface area contributed by atoms with E-state index in [4.69, 9.17) is 5.73 Å². The molecule has 0 atom stereocenters. The standard InChI is InChI=1S/C16H28N2O2S/c1-5-12-18(16(6-2,7-3)13-17)21(19,20)15-10-8-14(4)9-11-15/h8-11H,5-7,12-13,17H2,1-4H3. The maximum Gasteiger partial charge on any atom is 0.243 e. The first-order valence-corrected chi connectivity index (χ1v) is 9.11. The Hall–Kier alpha value is -0.910. The maximum absolute atomic E-state index is 13.0. The average Bonchev–Trinajstić information content (AvgIpc) is 2.49. The molecule has 5 heteroatoms. The minimum atomic E-state index is -3.52. The summed E-state index contributed by atoms with van der Waals surface area (Å²) < 4.78 is 27.7. The second-order valence-electron chi connectivity index (χ2n) is 5.53. The lowest BCUT2D eigenvalue weighted by Crippen LogP contribution is -2.55. The molecule has 1 aromatic rings. The molecule has 0 aliphatic heterocycles. The van der Waals surface area contributed by atoms with Crippen molar-refractivity contribution >= 4 is 10.0 Å². The largest absolute Gasteiger partial charge is 0.329 e. The van der Waals surface area contributed by atoms with Crippen molar-refractivity contribution in [1.29, 1.82) is 0 Å². The van der Waals surface area contributed by atoms with Crippen molar-refractivity contribution in [3.05, 3.63) is 29.8 Å². The number of nitrogens with two attached hydrogens (primary N) is 1. The highest BCUT2D eigenvalue weighted by Gasteiger charge is 2.40. The molecular formula is C16H28N2O2S. The van der Waals surface area contributed by atoms with Crippen molar-refractivity contribution in [2.75, 3.05) is 13.1 Å². The van der Waals surface area contributed by atoms with Crippen LogP contribution >= 0.6 is 0 Å². The molecule has 0 aromatic heterocycles. The molecule has 0 bridgehead atoms. The molecule has 0 saturated heterocycles. The fraction of sp³-hybridized carbons (Fsp3) is 0.625. The quantitative estimate of drug-likeness (QED) is 0.803. The SMILES string of the molecule is CCCN(C(CC)(CC)CN)S(=O)(=O)c1ccc(C)cc1. The second-order valence-corrected chi connectivity index (χ2v) is 7.39. The Balaban J connectivity index is 3.35. The van der Waals surface area contributed by atoms with E-state index in [1.165, 1.54) is 0 Å². The van der Waals surface area contributed by atoms with Gasteiger partial charge in [0.25, 0.3) is 0 Å². The van der Waals surface area contributed by atoms with E-state index in [1.807, 2.05) is 39.8 Å². The van der Waals surface area contributed by atoms with E-state index in [9.17, 15) is 8.42 Å². The van der Waals surface area contributed by atoms with Crippen LogP contribution in [0.5, 0.6) is 0 Å². The van der Waals surface area contributed by atoms with Crippen LogP contribution in [0.2, 0.25) is 0 Å². The Kier molecular flexibility index (Phi) is 6.38. The lowest BCUT2D eigenvalue weighted by molar-refractivity contribution is 0.178. The third-order valence-corrected chi connectivity index (χ3v) is 6.28. The number of hydrogen-bond donors (Lipinski definition) is 1. The smallest absolute Gasteiger partial charge is 0.243 e. The predicted molar refractivity (Wildman–Crippen MR) is 87.7 cm³/mol. The average molecular weight is 312 g/mol. The lowest BCUT2D eigenvalue weighted by atomic mass is 9.93. The predicted octanol–water partition coefficient (Wildman–Crippen LogP) is 2.91. The van der Waals surface area contributed by atoms with E-state index >= 15 is 0 Å². The summed E-state index contributed by atoms with van der Waals surface area (Å²) in [5.74, 6) is 0. The first-order chi connectivity index (χ1) is 9.87. The Morgan fingerprint density at radius 2 is 1.62 bits per heavy atom. The number of nitrogens with zero attached hydrogens (tertiary/aromatic N) is 1. The minimum Gasteiger partial charge on any atom is -0.329 e. The van der Waals surface area contributed by atoms with Crippen molar-refractivity contribution in [2.24, 2.45) is 5.73 Å². The highest BCUT2D eigenvalue weighted by molar-refractivity contribution is 7.89. The molecule has 0 aliphatic rings. The molecule has 0 heterocycles. The zero-order valence-electron chi connectivity index (χ0n) is 13.6. The van der Waals surface area contributed by atoms with E-state index < -0.39 is 15.6 Å². The summed E-state index contributed by atoms with van der Waals surface area (Å²) in [6.07, 6.45) is 2.20. The van der Waals surface area contributed by atoms with Gasteiger partial charge in [0.1, 0.15) is 0 Å². The van der Waals surface area contributed by atoms with E-state index in [0.29, 0.717) is 30.8 Å². The summed E-state index contributed by atoms with van der Waals surface area (Å²) in [5.41, 5.74) is 6.50. The number of rotatable bonds is 8. The second kappa shape index (κ2) is 7.38. The Bertz CT molecular complexity index is 526. The summed E-state index contributed by atoms with van der Waals surface area (Å²) in [6, 6.07) is 7.03. The molecule has 0 unspecified atom stereocenters. The molecule has 21 heavy (non-hydrogen) atoms. The molecule has 0 spiro atoms. The van der Waals surface area contributed by atoms with Gasteiger partial charge in [0.2, 0.25) is 10.0 Å². The van der Waals surface area contributed by atoms with Gasteiger partial charge in [-0.3, -0.25) is 0 Å². The zero-order chi connectivity index (χ0) is 16.1. The number of sulfonamides is 1. The molecule has 1 rings (SSSR count).